The molecule has 0 heterocycles. The molecule has 9 heteroatoms. The van der Waals surface area contributed by atoms with Gasteiger partial charge in [-0.05, 0) is 0 Å². The number of hydrogen-bond donors (Lipinski definition) is 0. The minimum atomic E-state index is -5.88. The summed E-state index contributed by atoms with van der Waals surface area (Å²) in [5.41, 5.74) is 0. The molecule has 0 aromatic heterocycles. The van der Waals surface area contributed by atoms with Crippen LogP contribution in [0, 0.1) is 24.9 Å². The molecular formula is C21H21F4IO3S. The predicted octanol–water partition coefficient (Wildman–Crippen LogP) is 6.16. The van der Waals surface area contributed by atoms with Crippen LogP contribution < -0.4 is 0 Å². The Bertz CT molecular complexity index is 946. The van der Waals surface area contributed by atoms with E-state index in [4.69, 9.17) is 2.51 Å². The predicted molar refractivity (Wildman–Crippen MR) is 113 cm³/mol. The van der Waals surface area contributed by atoms with Gasteiger partial charge in [0.1, 0.15) is 0 Å². The molecule has 30 heavy (non-hydrogen) atoms. The molecule has 2 fully saturated rings. The van der Waals surface area contributed by atoms with E-state index >= 15 is 0 Å². The molecule has 2 saturated carbocycles. The maximum absolute atomic E-state index is 14.9. The molecule has 3 nitrogen and oxygen atoms in total. The van der Waals surface area contributed by atoms with E-state index in [2.05, 4.69) is 0 Å². The summed E-state index contributed by atoms with van der Waals surface area (Å²) < 4.78 is 90.7. The standard InChI is InChI=1S/C21H21F4IO3S/c22-20(23,19-14-15-11-12-16(19)13-15)21(24,25)30(27,28)29-26(17-7-3-1-4-8-17)18-9-5-2-6-10-18/h1-10,15-16,19H,11-14H2. The SMILES string of the molecule is O=S(=O)(OI(c1ccccc1)c1ccccc1)C(F)(F)C(F)(F)C1CC2CCC1C2. The first-order chi connectivity index (χ1) is 14.1. The Morgan fingerprint density at radius 2 is 1.37 bits per heavy atom. The fraction of sp³-hybridized carbons (Fsp3) is 0.429. The molecule has 0 spiro atoms. The van der Waals surface area contributed by atoms with Crippen LogP contribution in [0.15, 0.2) is 60.7 Å². The molecule has 3 atom stereocenters. The van der Waals surface area contributed by atoms with Crippen molar-refractivity contribution in [3.63, 3.8) is 0 Å². The van der Waals surface area contributed by atoms with E-state index in [0.29, 0.717) is 20.0 Å². The van der Waals surface area contributed by atoms with Gasteiger partial charge >= 0.3 is 181 Å². The van der Waals surface area contributed by atoms with Gasteiger partial charge in [0, 0.05) is 0 Å². The molecule has 2 aliphatic carbocycles. The van der Waals surface area contributed by atoms with Crippen LogP contribution in [-0.2, 0) is 12.6 Å². The van der Waals surface area contributed by atoms with Gasteiger partial charge in [0.05, 0.1) is 0 Å². The molecule has 2 bridgehead atoms. The van der Waals surface area contributed by atoms with Gasteiger partial charge in [-0.3, -0.25) is 0 Å². The molecule has 164 valence electrons. The fourth-order valence-electron chi connectivity index (χ4n) is 4.45. The summed E-state index contributed by atoms with van der Waals surface area (Å²) in [4.78, 5) is 0. The topological polar surface area (TPSA) is 43.4 Å². The molecule has 3 unspecified atom stereocenters. The Morgan fingerprint density at radius 3 is 1.80 bits per heavy atom. The number of benzene rings is 2. The summed E-state index contributed by atoms with van der Waals surface area (Å²) >= 11 is -3.42. The van der Waals surface area contributed by atoms with E-state index in [1.807, 2.05) is 0 Å². The molecule has 4 rings (SSSR count). The zero-order valence-corrected chi connectivity index (χ0v) is 18.8. The van der Waals surface area contributed by atoms with Crippen LogP contribution in [0.4, 0.5) is 17.6 Å². The fourth-order valence-corrected chi connectivity index (χ4v) is 11.5. The average Bonchev–Trinajstić information content (AvgIpc) is 3.37. The van der Waals surface area contributed by atoms with Crippen molar-refractivity contribution in [2.75, 3.05) is 0 Å². The summed E-state index contributed by atoms with van der Waals surface area (Å²) in [7, 11) is -5.88. The van der Waals surface area contributed by atoms with Gasteiger partial charge in [-0.1, -0.05) is 0 Å². The third-order valence-electron chi connectivity index (χ3n) is 5.91. The van der Waals surface area contributed by atoms with E-state index in [0.717, 1.165) is 6.42 Å². The molecule has 0 aliphatic heterocycles. The molecule has 2 aliphatic rings. The maximum atomic E-state index is 14.9. The van der Waals surface area contributed by atoms with E-state index in [1.165, 1.54) is 0 Å². The van der Waals surface area contributed by atoms with Crippen molar-refractivity contribution in [3.05, 3.63) is 67.8 Å². The van der Waals surface area contributed by atoms with E-state index in [9.17, 15) is 26.0 Å². The Balaban J connectivity index is 1.67. The third-order valence-corrected chi connectivity index (χ3v) is 13.3. The normalized spacial score (nSPS) is 24.8. The van der Waals surface area contributed by atoms with E-state index in [1.54, 1.807) is 60.7 Å². The van der Waals surface area contributed by atoms with Crippen LogP contribution in [-0.4, -0.2) is 19.6 Å². The number of rotatable bonds is 7. The second-order valence-corrected chi connectivity index (χ2v) is 14.3. The van der Waals surface area contributed by atoms with Crippen molar-refractivity contribution in [1.29, 1.82) is 0 Å². The molecule has 0 N–H and O–H groups in total. The second kappa shape index (κ2) is 8.05. The van der Waals surface area contributed by atoms with Crippen LogP contribution in [0.25, 0.3) is 0 Å². The van der Waals surface area contributed by atoms with Gasteiger partial charge in [0.15, 0.2) is 0 Å². The summed E-state index contributed by atoms with van der Waals surface area (Å²) in [5.74, 6) is -6.91. The van der Waals surface area contributed by atoms with Gasteiger partial charge in [-0.2, -0.15) is 0 Å². The zero-order valence-electron chi connectivity index (χ0n) is 15.9. The summed E-state index contributed by atoms with van der Waals surface area (Å²) in [6.45, 7) is 0. The molecular weight excluding hydrogens is 535 g/mol. The monoisotopic (exact) mass is 556 g/mol. The Kier molecular flexibility index (Phi) is 5.91. The first kappa shape index (κ1) is 22.0. The van der Waals surface area contributed by atoms with Crippen molar-refractivity contribution >= 4 is 30.4 Å². The van der Waals surface area contributed by atoms with Crippen LogP contribution in [0.2, 0.25) is 0 Å². The van der Waals surface area contributed by atoms with Crippen molar-refractivity contribution < 1.29 is 28.5 Å². The summed E-state index contributed by atoms with van der Waals surface area (Å²) in [5, 5.41) is -5.30. The van der Waals surface area contributed by atoms with Crippen molar-refractivity contribution in [2.24, 2.45) is 17.8 Å². The van der Waals surface area contributed by atoms with E-state index < -0.39 is 53.4 Å². The van der Waals surface area contributed by atoms with Crippen LogP contribution in [0.5, 0.6) is 0 Å². The second-order valence-electron chi connectivity index (χ2n) is 7.78. The first-order valence-electron chi connectivity index (χ1n) is 9.64. The number of halogens is 5. The first-order valence-corrected chi connectivity index (χ1v) is 14.1. The molecule has 2 aromatic rings. The van der Waals surface area contributed by atoms with Gasteiger partial charge < -0.3 is 0 Å². The molecule has 0 amide bonds. The van der Waals surface area contributed by atoms with Crippen LogP contribution in [0.3, 0.4) is 0 Å². The number of fused-ring (bicyclic) bond motifs is 2. The molecule has 0 radical (unpaired) electrons. The van der Waals surface area contributed by atoms with Gasteiger partial charge in [0.2, 0.25) is 0 Å². The zero-order chi connectivity index (χ0) is 21.6. The molecule has 0 saturated heterocycles. The minimum absolute atomic E-state index is 0.0257. The van der Waals surface area contributed by atoms with Crippen molar-refractivity contribution in [1.82, 2.24) is 0 Å². The number of alkyl halides is 4. The van der Waals surface area contributed by atoms with Crippen LogP contribution in [0.1, 0.15) is 25.7 Å². The average molecular weight is 556 g/mol. The Labute approximate surface area is 180 Å². The van der Waals surface area contributed by atoms with Crippen LogP contribution >= 0.6 is 20.2 Å². The Hall–Kier alpha value is -1.20. The quantitative estimate of drug-likeness (QED) is 0.303. The Morgan fingerprint density at radius 1 is 0.833 bits per heavy atom. The van der Waals surface area contributed by atoms with E-state index in [-0.39, 0.29) is 12.3 Å². The summed E-state index contributed by atoms with van der Waals surface area (Å²) in [6, 6.07) is 16.2. The van der Waals surface area contributed by atoms with Gasteiger partial charge in [-0.15, -0.1) is 0 Å². The van der Waals surface area contributed by atoms with Crippen molar-refractivity contribution in [3.8, 4) is 0 Å². The third kappa shape index (κ3) is 3.77. The number of hydrogen-bond acceptors (Lipinski definition) is 3. The van der Waals surface area contributed by atoms with Gasteiger partial charge in [-0.25, -0.2) is 0 Å². The summed E-state index contributed by atoms with van der Waals surface area (Å²) in [6.07, 6.45) is 1.57. The molecule has 2 aromatic carbocycles. The van der Waals surface area contributed by atoms with Gasteiger partial charge in [0.25, 0.3) is 0 Å². The van der Waals surface area contributed by atoms with Crippen molar-refractivity contribution in [2.45, 2.75) is 36.9 Å².